The van der Waals surface area contributed by atoms with Crippen LogP contribution in [0.4, 0.5) is 0 Å². The third-order valence-electron chi connectivity index (χ3n) is 3.62. The van der Waals surface area contributed by atoms with Crippen LogP contribution in [0.15, 0.2) is 4.99 Å². The minimum Gasteiger partial charge on any atom is -0.370 e. The Morgan fingerprint density at radius 1 is 1.37 bits per heavy atom. The van der Waals surface area contributed by atoms with Gasteiger partial charge in [0.2, 0.25) is 5.91 Å². The number of nitrogens with zero attached hydrogens (tertiary/aromatic N) is 2. The fraction of sp³-hybridized carbons (Fsp3) is 0.846. The largest absolute Gasteiger partial charge is 0.370 e. The van der Waals surface area contributed by atoms with E-state index < -0.39 is 6.04 Å². The molecule has 2 atom stereocenters. The van der Waals surface area contributed by atoms with Crippen molar-refractivity contribution in [3.63, 3.8) is 0 Å². The van der Waals surface area contributed by atoms with Gasteiger partial charge in [0, 0.05) is 19.1 Å². The van der Waals surface area contributed by atoms with E-state index in [0.29, 0.717) is 19.0 Å². The summed E-state index contributed by atoms with van der Waals surface area (Å²) in [6.07, 6.45) is 5.91. The summed E-state index contributed by atoms with van der Waals surface area (Å²) in [5.41, 5.74) is 16.5. The zero-order chi connectivity index (χ0) is 14.3. The Morgan fingerprint density at radius 3 is 2.79 bits per heavy atom. The topological polar surface area (TPSA) is 111 Å². The molecule has 1 saturated heterocycles. The van der Waals surface area contributed by atoms with E-state index in [9.17, 15) is 4.79 Å². The first kappa shape index (κ1) is 15.8. The maximum atomic E-state index is 12.3. The molecule has 1 fully saturated rings. The lowest BCUT2D eigenvalue weighted by atomic mass is 10.1. The summed E-state index contributed by atoms with van der Waals surface area (Å²) in [6.45, 7) is 3.47. The molecular weight excluding hydrogens is 242 g/mol. The maximum absolute atomic E-state index is 12.3. The second-order valence-electron chi connectivity index (χ2n) is 5.29. The van der Waals surface area contributed by atoms with Gasteiger partial charge in [-0.15, -0.1) is 0 Å². The number of carbonyl (C=O) groups is 1. The Morgan fingerprint density at radius 2 is 2.11 bits per heavy atom. The molecule has 1 aliphatic heterocycles. The third-order valence-corrected chi connectivity index (χ3v) is 3.62. The van der Waals surface area contributed by atoms with Crippen molar-refractivity contribution in [3.8, 4) is 0 Å². The van der Waals surface area contributed by atoms with Crippen LogP contribution in [0.3, 0.4) is 0 Å². The van der Waals surface area contributed by atoms with E-state index in [-0.39, 0.29) is 11.9 Å². The average molecular weight is 269 g/mol. The van der Waals surface area contributed by atoms with Gasteiger partial charge < -0.3 is 22.1 Å². The summed E-state index contributed by atoms with van der Waals surface area (Å²) in [5, 5.41) is 0. The molecule has 110 valence electrons. The van der Waals surface area contributed by atoms with Crippen LogP contribution in [-0.2, 0) is 4.79 Å². The van der Waals surface area contributed by atoms with Gasteiger partial charge in [0.15, 0.2) is 5.96 Å². The molecule has 0 aromatic heterocycles. The third kappa shape index (κ3) is 5.46. The summed E-state index contributed by atoms with van der Waals surface area (Å²) in [7, 11) is 0. The minimum atomic E-state index is -0.435. The van der Waals surface area contributed by atoms with Crippen molar-refractivity contribution in [1.29, 1.82) is 0 Å². The summed E-state index contributed by atoms with van der Waals surface area (Å²) in [6, 6.07) is -0.131. The zero-order valence-electron chi connectivity index (χ0n) is 11.8. The first-order chi connectivity index (χ1) is 9.02. The summed E-state index contributed by atoms with van der Waals surface area (Å²) < 4.78 is 0. The van der Waals surface area contributed by atoms with Gasteiger partial charge in [0.25, 0.3) is 0 Å². The van der Waals surface area contributed by atoms with Crippen LogP contribution in [-0.4, -0.2) is 41.9 Å². The molecule has 1 rings (SSSR count). The van der Waals surface area contributed by atoms with Gasteiger partial charge in [-0.2, -0.15) is 0 Å². The van der Waals surface area contributed by atoms with Gasteiger partial charge in [0.1, 0.15) is 0 Å². The molecule has 0 aromatic rings. The van der Waals surface area contributed by atoms with Gasteiger partial charge in [-0.1, -0.05) is 12.8 Å². The number of hydrogen-bond donors (Lipinski definition) is 3. The second kappa shape index (κ2) is 7.99. The van der Waals surface area contributed by atoms with Crippen LogP contribution >= 0.6 is 0 Å². The monoisotopic (exact) mass is 269 g/mol. The van der Waals surface area contributed by atoms with Gasteiger partial charge in [-0.3, -0.25) is 9.79 Å². The number of carbonyl (C=O) groups excluding carboxylic acids is 1. The quantitative estimate of drug-likeness (QED) is 0.375. The van der Waals surface area contributed by atoms with Crippen molar-refractivity contribution in [2.24, 2.45) is 22.2 Å². The zero-order valence-corrected chi connectivity index (χ0v) is 11.8. The van der Waals surface area contributed by atoms with Crippen molar-refractivity contribution >= 4 is 11.9 Å². The van der Waals surface area contributed by atoms with Crippen molar-refractivity contribution in [1.82, 2.24) is 4.90 Å². The first-order valence-corrected chi connectivity index (χ1v) is 7.14. The van der Waals surface area contributed by atoms with Crippen LogP contribution in [0, 0.1) is 0 Å². The molecule has 0 saturated carbocycles. The van der Waals surface area contributed by atoms with Crippen LogP contribution in [0.2, 0.25) is 0 Å². The van der Waals surface area contributed by atoms with Gasteiger partial charge in [-0.25, -0.2) is 0 Å². The van der Waals surface area contributed by atoms with Gasteiger partial charge in [-0.05, 0) is 32.6 Å². The number of guanidine groups is 1. The highest BCUT2D eigenvalue weighted by molar-refractivity contribution is 5.82. The Labute approximate surface area is 115 Å². The smallest absolute Gasteiger partial charge is 0.239 e. The molecule has 0 aliphatic carbocycles. The lowest BCUT2D eigenvalue weighted by molar-refractivity contribution is -0.134. The Balaban J connectivity index is 2.39. The fourth-order valence-electron chi connectivity index (χ4n) is 2.46. The Bertz CT molecular complexity index is 314. The molecule has 1 heterocycles. The first-order valence-electron chi connectivity index (χ1n) is 7.14. The highest BCUT2D eigenvalue weighted by Crippen LogP contribution is 2.17. The normalized spacial score (nSPS) is 21.6. The average Bonchev–Trinajstić information content (AvgIpc) is 2.58. The van der Waals surface area contributed by atoms with E-state index in [4.69, 9.17) is 17.2 Å². The number of amides is 1. The molecule has 1 amide bonds. The molecule has 0 bridgehead atoms. The van der Waals surface area contributed by atoms with Crippen molar-refractivity contribution < 1.29 is 4.79 Å². The molecule has 6 nitrogen and oxygen atoms in total. The highest BCUT2D eigenvalue weighted by atomic mass is 16.2. The molecule has 0 radical (unpaired) electrons. The maximum Gasteiger partial charge on any atom is 0.239 e. The summed E-state index contributed by atoms with van der Waals surface area (Å²) in [5.74, 6) is 0.153. The van der Waals surface area contributed by atoms with Crippen LogP contribution in [0.5, 0.6) is 0 Å². The number of aliphatic imine (C=N–C) groups is 1. The van der Waals surface area contributed by atoms with Crippen LogP contribution in [0.25, 0.3) is 0 Å². The molecular formula is C13H27N5O. The Kier molecular flexibility index (Phi) is 6.62. The predicted octanol–water partition coefficient (Wildman–Crippen LogP) is 0.158. The minimum absolute atomic E-state index is 0.0686. The van der Waals surface area contributed by atoms with E-state index >= 15 is 0 Å². The van der Waals surface area contributed by atoms with E-state index in [1.807, 2.05) is 4.90 Å². The number of rotatable bonds is 5. The lowest BCUT2D eigenvalue weighted by Crippen LogP contribution is -2.47. The van der Waals surface area contributed by atoms with Crippen molar-refractivity contribution in [2.75, 3.05) is 13.1 Å². The molecule has 1 aliphatic rings. The van der Waals surface area contributed by atoms with Crippen LogP contribution in [0.1, 0.15) is 45.4 Å². The van der Waals surface area contributed by atoms with Gasteiger partial charge >= 0.3 is 0 Å². The molecule has 6 N–H and O–H groups in total. The van der Waals surface area contributed by atoms with Crippen molar-refractivity contribution in [3.05, 3.63) is 0 Å². The number of hydrogen-bond acceptors (Lipinski definition) is 3. The van der Waals surface area contributed by atoms with E-state index in [0.717, 1.165) is 25.8 Å². The molecule has 0 unspecified atom stereocenters. The molecule has 19 heavy (non-hydrogen) atoms. The highest BCUT2D eigenvalue weighted by Gasteiger charge is 2.25. The van der Waals surface area contributed by atoms with Crippen LogP contribution < -0.4 is 17.2 Å². The predicted molar refractivity (Wildman–Crippen MR) is 77.5 cm³/mol. The molecule has 0 aromatic carbocycles. The second-order valence-corrected chi connectivity index (χ2v) is 5.29. The van der Waals surface area contributed by atoms with E-state index in [1.54, 1.807) is 0 Å². The SMILES string of the molecule is C[C@H]1CCCCCN1C(=O)[C@H](N)CCCN=C(N)N. The molecule has 0 spiro atoms. The van der Waals surface area contributed by atoms with E-state index in [2.05, 4.69) is 11.9 Å². The van der Waals surface area contributed by atoms with Crippen molar-refractivity contribution in [2.45, 2.75) is 57.5 Å². The van der Waals surface area contributed by atoms with Gasteiger partial charge in [0.05, 0.1) is 6.04 Å². The number of nitrogens with two attached hydrogens (primary N) is 3. The number of likely N-dealkylation sites (tertiary alicyclic amines) is 1. The standard InChI is InChI=1S/C13H27N5O/c1-10-6-3-2-4-9-18(10)12(19)11(14)7-5-8-17-13(15)16/h10-11H,2-9,14H2,1H3,(H4,15,16,17)/t10-,11+/m0/s1. The fourth-order valence-corrected chi connectivity index (χ4v) is 2.46. The lowest BCUT2D eigenvalue weighted by Gasteiger charge is -2.29. The van der Waals surface area contributed by atoms with E-state index in [1.165, 1.54) is 12.8 Å². The summed E-state index contributed by atoms with van der Waals surface area (Å²) >= 11 is 0. The molecule has 6 heteroatoms. The Hall–Kier alpha value is -1.30. The summed E-state index contributed by atoms with van der Waals surface area (Å²) in [4.78, 5) is 18.1.